The third-order valence-corrected chi connectivity index (χ3v) is 3.84. The standard InChI is InChI=1S/C13H10Br2N2O3/c1-20-12-5-10(8(14)4-9(12)15)17-11-6-16-3-2-7(11)13(18)19/h2-6,17H,1H3,(H,18,19). The lowest BCUT2D eigenvalue weighted by Gasteiger charge is -2.13. The molecule has 20 heavy (non-hydrogen) atoms. The fourth-order valence-electron chi connectivity index (χ4n) is 1.61. The lowest BCUT2D eigenvalue weighted by molar-refractivity contribution is 0.0698. The second kappa shape index (κ2) is 6.23. The highest BCUT2D eigenvalue weighted by Gasteiger charge is 2.12. The summed E-state index contributed by atoms with van der Waals surface area (Å²) in [5.74, 6) is -0.383. The van der Waals surface area contributed by atoms with Gasteiger partial charge >= 0.3 is 5.97 Å². The van der Waals surface area contributed by atoms with Gasteiger partial charge in [-0.15, -0.1) is 0 Å². The van der Waals surface area contributed by atoms with Gasteiger partial charge in [-0.1, -0.05) is 0 Å². The molecule has 0 bridgehead atoms. The first-order valence-electron chi connectivity index (χ1n) is 5.50. The van der Waals surface area contributed by atoms with Crippen LogP contribution < -0.4 is 10.1 Å². The van der Waals surface area contributed by atoms with Crippen molar-refractivity contribution in [2.24, 2.45) is 0 Å². The fraction of sp³-hybridized carbons (Fsp3) is 0.0769. The molecule has 0 saturated carbocycles. The largest absolute Gasteiger partial charge is 0.495 e. The van der Waals surface area contributed by atoms with Crippen LogP contribution in [0.25, 0.3) is 0 Å². The minimum Gasteiger partial charge on any atom is -0.495 e. The normalized spacial score (nSPS) is 10.2. The molecule has 0 atom stereocenters. The van der Waals surface area contributed by atoms with Gasteiger partial charge in [0.15, 0.2) is 0 Å². The zero-order valence-electron chi connectivity index (χ0n) is 10.4. The van der Waals surface area contributed by atoms with Crippen molar-refractivity contribution in [3.8, 4) is 5.75 Å². The fourth-order valence-corrected chi connectivity index (χ4v) is 2.86. The van der Waals surface area contributed by atoms with Crippen molar-refractivity contribution in [1.82, 2.24) is 4.98 Å². The van der Waals surface area contributed by atoms with E-state index in [-0.39, 0.29) is 5.56 Å². The predicted molar refractivity (Wildman–Crippen MR) is 82.9 cm³/mol. The molecule has 0 aliphatic heterocycles. The first-order valence-corrected chi connectivity index (χ1v) is 7.09. The van der Waals surface area contributed by atoms with E-state index in [9.17, 15) is 4.79 Å². The van der Waals surface area contributed by atoms with Crippen LogP contribution in [0.3, 0.4) is 0 Å². The van der Waals surface area contributed by atoms with Gasteiger partial charge in [0, 0.05) is 16.7 Å². The first kappa shape index (κ1) is 14.8. The van der Waals surface area contributed by atoms with E-state index in [1.54, 1.807) is 13.2 Å². The molecule has 0 aliphatic rings. The highest BCUT2D eigenvalue weighted by atomic mass is 79.9. The van der Waals surface area contributed by atoms with Crippen molar-refractivity contribution in [1.29, 1.82) is 0 Å². The Morgan fingerprint density at radius 3 is 2.70 bits per heavy atom. The molecule has 1 heterocycles. The number of anilines is 2. The van der Waals surface area contributed by atoms with Crippen LogP contribution in [0.2, 0.25) is 0 Å². The van der Waals surface area contributed by atoms with Crippen LogP contribution in [0.5, 0.6) is 5.75 Å². The van der Waals surface area contributed by atoms with Crippen LogP contribution in [-0.4, -0.2) is 23.2 Å². The van der Waals surface area contributed by atoms with E-state index in [0.29, 0.717) is 17.1 Å². The Morgan fingerprint density at radius 2 is 2.05 bits per heavy atom. The lowest BCUT2D eigenvalue weighted by Crippen LogP contribution is -2.03. The van der Waals surface area contributed by atoms with Crippen molar-refractivity contribution in [3.05, 3.63) is 45.1 Å². The quantitative estimate of drug-likeness (QED) is 0.808. The Morgan fingerprint density at radius 1 is 1.30 bits per heavy atom. The van der Waals surface area contributed by atoms with E-state index in [0.717, 1.165) is 8.95 Å². The second-order valence-corrected chi connectivity index (χ2v) is 5.53. The Hall–Kier alpha value is -1.60. The number of aromatic carboxylic acids is 1. The van der Waals surface area contributed by atoms with Crippen LogP contribution in [0.4, 0.5) is 11.4 Å². The van der Waals surface area contributed by atoms with Crippen LogP contribution in [0, 0.1) is 0 Å². The van der Waals surface area contributed by atoms with Gasteiger partial charge in [0.05, 0.1) is 34.7 Å². The average molecular weight is 402 g/mol. The van der Waals surface area contributed by atoms with Crippen LogP contribution >= 0.6 is 31.9 Å². The Bertz CT molecular complexity index is 662. The molecule has 0 saturated heterocycles. The lowest BCUT2D eigenvalue weighted by atomic mass is 10.2. The van der Waals surface area contributed by atoms with Crippen LogP contribution in [0.15, 0.2) is 39.5 Å². The van der Waals surface area contributed by atoms with Gasteiger partial charge in [0.1, 0.15) is 5.75 Å². The maximum absolute atomic E-state index is 11.2. The number of ether oxygens (including phenoxy) is 1. The summed E-state index contributed by atoms with van der Waals surface area (Å²) in [6, 6.07) is 5.01. The van der Waals surface area contributed by atoms with Crippen LogP contribution in [-0.2, 0) is 0 Å². The number of hydrogen-bond acceptors (Lipinski definition) is 4. The number of carboxylic acids is 1. The second-order valence-electron chi connectivity index (χ2n) is 3.82. The molecule has 5 nitrogen and oxygen atoms in total. The monoisotopic (exact) mass is 400 g/mol. The van der Waals surface area contributed by atoms with E-state index in [2.05, 4.69) is 42.2 Å². The Balaban J connectivity index is 2.42. The summed E-state index contributed by atoms with van der Waals surface area (Å²) in [5.41, 5.74) is 1.24. The molecule has 0 aliphatic carbocycles. The number of aromatic nitrogens is 1. The highest BCUT2D eigenvalue weighted by molar-refractivity contribution is 9.11. The maximum atomic E-state index is 11.2. The minimum absolute atomic E-state index is 0.147. The zero-order valence-corrected chi connectivity index (χ0v) is 13.5. The SMILES string of the molecule is COc1cc(Nc2cnccc2C(=O)O)c(Br)cc1Br. The number of pyridine rings is 1. The van der Waals surface area contributed by atoms with Crippen molar-refractivity contribution in [3.63, 3.8) is 0 Å². The number of nitrogens with one attached hydrogen (secondary N) is 1. The number of carboxylic acid groups (broad SMARTS) is 1. The van der Waals surface area contributed by atoms with Crippen molar-refractivity contribution < 1.29 is 14.6 Å². The molecule has 0 unspecified atom stereocenters. The Kier molecular flexibility index (Phi) is 4.61. The number of halogens is 2. The van der Waals surface area contributed by atoms with Gasteiger partial charge in [0.25, 0.3) is 0 Å². The smallest absolute Gasteiger partial charge is 0.337 e. The third-order valence-electron chi connectivity index (χ3n) is 2.56. The van der Waals surface area contributed by atoms with Gasteiger partial charge in [0.2, 0.25) is 0 Å². The number of hydrogen-bond donors (Lipinski definition) is 2. The molecule has 104 valence electrons. The molecule has 0 radical (unpaired) electrons. The Labute approximate surface area is 132 Å². The summed E-state index contributed by atoms with van der Waals surface area (Å²) in [4.78, 5) is 15.1. The summed E-state index contributed by atoms with van der Waals surface area (Å²) >= 11 is 6.79. The number of benzene rings is 1. The molecule has 1 aromatic carbocycles. The number of nitrogens with zero attached hydrogens (tertiary/aromatic N) is 1. The van der Waals surface area contributed by atoms with Crippen molar-refractivity contribution >= 4 is 49.2 Å². The predicted octanol–water partition coefficient (Wildman–Crippen LogP) is 4.06. The minimum atomic E-state index is -1.02. The number of methoxy groups -OCH3 is 1. The summed E-state index contributed by atoms with van der Waals surface area (Å²) in [7, 11) is 1.56. The maximum Gasteiger partial charge on any atom is 0.337 e. The average Bonchev–Trinajstić information content (AvgIpc) is 2.42. The molecular weight excluding hydrogens is 392 g/mol. The van der Waals surface area contributed by atoms with Crippen molar-refractivity contribution in [2.75, 3.05) is 12.4 Å². The van der Waals surface area contributed by atoms with E-state index >= 15 is 0 Å². The van der Waals surface area contributed by atoms with E-state index in [1.807, 2.05) is 6.07 Å². The summed E-state index contributed by atoms with van der Waals surface area (Å²) in [6.07, 6.45) is 2.90. The van der Waals surface area contributed by atoms with Gasteiger partial charge in [-0.05, 0) is 44.0 Å². The van der Waals surface area contributed by atoms with E-state index in [1.165, 1.54) is 18.5 Å². The summed E-state index contributed by atoms with van der Waals surface area (Å²) < 4.78 is 6.78. The van der Waals surface area contributed by atoms with Crippen molar-refractivity contribution in [2.45, 2.75) is 0 Å². The molecule has 0 amide bonds. The van der Waals surface area contributed by atoms with Gasteiger partial charge < -0.3 is 15.2 Å². The summed E-state index contributed by atoms with van der Waals surface area (Å²) in [5, 5.41) is 12.2. The first-order chi connectivity index (χ1) is 9.52. The molecule has 2 N–H and O–H groups in total. The van der Waals surface area contributed by atoms with E-state index < -0.39 is 5.97 Å². The topological polar surface area (TPSA) is 71.5 Å². The number of carbonyl (C=O) groups is 1. The third kappa shape index (κ3) is 3.10. The molecule has 2 rings (SSSR count). The summed E-state index contributed by atoms with van der Waals surface area (Å²) in [6.45, 7) is 0. The van der Waals surface area contributed by atoms with Crippen LogP contribution in [0.1, 0.15) is 10.4 Å². The van der Waals surface area contributed by atoms with Gasteiger partial charge in [-0.25, -0.2) is 4.79 Å². The van der Waals surface area contributed by atoms with Gasteiger partial charge in [-0.2, -0.15) is 0 Å². The molecule has 0 spiro atoms. The molecule has 1 aromatic heterocycles. The molecular formula is C13H10Br2N2O3. The van der Waals surface area contributed by atoms with E-state index in [4.69, 9.17) is 9.84 Å². The highest BCUT2D eigenvalue weighted by Crippen LogP contribution is 2.36. The molecule has 7 heteroatoms. The molecule has 2 aromatic rings. The molecule has 0 fully saturated rings. The zero-order chi connectivity index (χ0) is 14.7. The number of rotatable bonds is 4. The van der Waals surface area contributed by atoms with Gasteiger partial charge in [-0.3, -0.25) is 4.98 Å².